The summed E-state index contributed by atoms with van der Waals surface area (Å²) in [5.41, 5.74) is 0. The first kappa shape index (κ1) is 60.0. The van der Waals surface area contributed by atoms with E-state index in [-0.39, 0.29) is 0 Å². The maximum absolute atomic E-state index is 12.6. The Bertz CT molecular complexity index is 1750. The topological polar surface area (TPSA) is 524 Å². The van der Waals surface area contributed by atoms with Crippen LogP contribution in [0.4, 0.5) is 0 Å². The second kappa shape index (κ2) is 26.0. The van der Waals surface area contributed by atoms with Crippen molar-refractivity contribution in [1.82, 2.24) is 10.6 Å². The van der Waals surface area contributed by atoms with E-state index in [1.807, 2.05) is 0 Å². The van der Waals surface area contributed by atoms with Gasteiger partial charge in [-0.2, -0.15) is 0 Å². The maximum atomic E-state index is 12.6. The van der Waals surface area contributed by atoms with E-state index in [2.05, 4.69) is 10.6 Å². The summed E-state index contributed by atoms with van der Waals surface area (Å²) in [6, 6.07) is -3.28. The Hall–Kier alpha value is -2.22. The molecule has 6 aliphatic heterocycles. The lowest BCUT2D eigenvalue weighted by molar-refractivity contribution is -0.385. The second-order valence-electron chi connectivity index (χ2n) is 18.3. The minimum atomic E-state index is -2.29. The van der Waals surface area contributed by atoms with Crippen LogP contribution in [0.3, 0.4) is 0 Å². The first-order valence-corrected chi connectivity index (χ1v) is 23.1. The molecule has 73 heavy (non-hydrogen) atoms. The zero-order valence-electron chi connectivity index (χ0n) is 38.9. The standard InChI is InChI=1S/C40H68N2O31/c1-9(47)41-17-23(53)32(13(5-45)65-35(17)62)71-36-18(42-10(2)48)24(54)33(14(6-46)68-36)72-40-31(61)34(22(52)16(70-40)8-64-38-29(59)26(56)20(50)12(4-44)67-38)73-39-30(60)27(57)21(51)15(69-39)7-63-37-28(58)25(55)19(49)11(3-43)66-37/h11-40,43-46,49-62H,3-8H2,1-2H3,(H,41,47)(H,42,48)/t11-,12-,13-,14-,15-,16-,17-,18-,19-,20-,21-,22-,23-,24-,25+,26+,27+,28+,29+,30+,31+,32-,33-,34+,35-,36+,37+,38+,39-,40+/m1/s1. The highest BCUT2D eigenvalue weighted by atomic mass is 16.8. The van der Waals surface area contributed by atoms with Crippen LogP contribution < -0.4 is 10.6 Å². The number of aliphatic hydroxyl groups is 18. The smallest absolute Gasteiger partial charge is 0.217 e. The van der Waals surface area contributed by atoms with Gasteiger partial charge in [0.05, 0.1) is 39.6 Å². The summed E-state index contributed by atoms with van der Waals surface area (Å²) in [7, 11) is 0. The Kier molecular flexibility index (Phi) is 21.3. The van der Waals surface area contributed by atoms with E-state index in [0.29, 0.717) is 0 Å². The Balaban J connectivity index is 1.25. The first-order valence-electron chi connectivity index (χ1n) is 23.1. The molecule has 0 saturated carbocycles. The molecule has 424 valence electrons. The molecule has 2 amide bonds. The van der Waals surface area contributed by atoms with Crippen molar-refractivity contribution in [2.45, 2.75) is 198 Å². The van der Waals surface area contributed by atoms with Crippen LogP contribution in [0.5, 0.6) is 0 Å². The molecule has 0 bridgehead atoms. The van der Waals surface area contributed by atoms with E-state index in [4.69, 9.17) is 52.1 Å². The monoisotopic (exact) mass is 1070 g/mol. The number of carbonyl (C=O) groups excluding carboxylic acids is 2. The van der Waals surface area contributed by atoms with Crippen molar-refractivity contribution in [3.05, 3.63) is 0 Å². The van der Waals surface area contributed by atoms with Gasteiger partial charge in [-0.3, -0.25) is 9.59 Å². The molecule has 0 spiro atoms. The van der Waals surface area contributed by atoms with Gasteiger partial charge in [-0.1, -0.05) is 0 Å². The van der Waals surface area contributed by atoms with Crippen molar-refractivity contribution in [3.63, 3.8) is 0 Å². The van der Waals surface area contributed by atoms with Crippen LogP contribution >= 0.6 is 0 Å². The zero-order chi connectivity index (χ0) is 53.9. The van der Waals surface area contributed by atoms with Gasteiger partial charge in [-0.15, -0.1) is 0 Å². The molecule has 20 N–H and O–H groups in total. The van der Waals surface area contributed by atoms with Crippen molar-refractivity contribution in [3.8, 4) is 0 Å². The number of aliphatic hydroxyl groups excluding tert-OH is 18. The number of carbonyl (C=O) groups is 2. The van der Waals surface area contributed by atoms with E-state index < -0.39 is 236 Å². The highest BCUT2D eigenvalue weighted by molar-refractivity contribution is 5.73. The molecule has 0 aromatic carbocycles. The number of ether oxygens (including phenoxy) is 11. The molecule has 30 atom stereocenters. The zero-order valence-corrected chi connectivity index (χ0v) is 38.9. The lowest BCUT2D eigenvalue weighted by Crippen LogP contribution is -2.70. The average Bonchev–Trinajstić information content (AvgIpc) is 3.35. The molecular formula is C40H68N2O31. The Morgan fingerprint density at radius 2 is 0.699 bits per heavy atom. The summed E-state index contributed by atoms with van der Waals surface area (Å²) in [6.07, 6.45) is -53.1. The fourth-order valence-corrected chi connectivity index (χ4v) is 9.11. The van der Waals surface area contributed by atoms with Gasteiger partial charge in [0.2, 0.25) is 11.8 Å². The van der Waals surface area contributed by atoms with Crippen LogP contribution in [-0.2, 0) is 61.7 Å². The number of hydrogen-bond donors (Lipinski definition) is 20. The van der Waals surface area contributed by atoms with Crippen molar-refractivity contribution < 1.29 is 154 Å². The minimum absolute atomic E-state index is 0.716. The molecule has 6 aliphatic rings. The SMILES string of the molecule is CC(=O)N[C@@H]1[C@@H](O)[C@H](O[C@@H]2O[C@H](CO)[C@@H](O[C@@H]3O[C@H](CO[C@H]4O[C@H](CO)[C@@H](O)[C@H](O)[C@@H]4O)[C@@H](O)[C@H](O[C@H]4O[C@H](CO[C@H]5O[C@H](CO)[C@@H](O)[C@H](O)[C@@H]5O)[C@@H](O)[C@H](O)[C@@H]4O)[C@@H]3O)[C@H](O)[C@H]2NC(C)=O)[C@@H](CO)O[C@H]1O. The summed E-state index contributed by atoms with van der Waals surface area (Å²) in [4.78, 5) is 24.4. The van der Waals surface area contributed by atoms with Gasteiger partial charge in [0.1, 0.15) is 146 Å². The van der Waals surface area contributed by atoms with Gasteiger partial charge in [-0.25, -0.2) is 0 Å². The number of nitrogens with one attached hydrogen (secondary N) is 2. The maximum Gasteiger partial charge on any atom is 0.217 e. The largest absolute Gasteiger partial charge is 0.394 e. The minimum Gasteiger partial charge on any atom is -0.394 e. The van der Waals surface area contributed by atoms with Crippen LogP contribution in [-0.4, -0.2) is 327 Å². The average molecular weight is 1070 g/mol. The molecule has 33 nitrogen and oxygen atoms in total. The third-order valence-electron chi connectivity index (χ3n) is 13.2. The van der Waals surface area contributed by atoms with Crippen LogP contribution in [0.1, 0.15) is 13.8 Å². The van der Waals surface area contributed by atoms with E-state index in [1.54, 1.807) is 0 Å². The third kappa shape index (κ3) is 13.2. The van der Waals surface area contributed by atoms with Crippen molar-refractivity contribution in [2.24, 2.45) is 0 Å². The number of amides is 2. The highest BCUT2D eigenvalue weighted by Gasteiger charge is 2.57. The molecule has 0 aromatic heterocycles. The number of hydrogen-bond acceptors (Lipinski definition) is 31. The van der Waals surface area contributed by atoms with Gasteiger partial charge < -0.3 is 155 Å². The van der Waals surface area contributed by atoms with Gasteiger partial charge >= 0.3 is 0 Å². The molecule has 33 heteroatoms. The molecule has 6 saturated heterocycles. The molecular weight excluding hydrogens is 1000 g/mol. The molecule has 0 unspecified atom stereocenters. The van der Waals surface area contributed by atoms with E-state index in [0.717, 1.165) is 13.8 Å². The number of rotatable bonds is 18. The fraction of sp³-hybridized carbons (Fsp3) is 0.950. The highest BCUT2D eigenvalue weighted by Crippen LogP contribution is 2.36. The van der Waals surface area contributed by atoms with Crippen molar-refractivity contribution in [1.29, 1.82) is 0 Å². The Labute approximate surface area is 413 Å². The lowest BCUT2D eigenvalue weighted by Gasteiger charge is -2.50. The summed E-state index contributed by atoms with van der Waals surface area (Å²) in [5, 5.41) is 196. The van der Waals surface area contributed by atoms with Crippen LogP contribution in [0, 0.1) is 0 Å². The second-order valence-corrected chi connectivity index (χ2v) is 18.3. The molecule has 6 rings (SSSR count). The molecule has 0 aromatic rings. The van der Waals surface area contributed by atoms with E-state index >= 15 is 0 Å². The van der Waals surface area contributed by atoms with Gasteiger partial charge in [0.15, 0.2) is 37.7 Å². The predicted octanol–water partition coefficient (Wildman–Crippen LogP) is -13.8. The fourth-order valence-electron chi connectivity index (χ4n) is 9.11. The van der Waals surface area contributed by atoms with Crippen LogP contribution in [0.25, 0.3) is 0 Å². The quantitative estimate of drug-likeness (QED) is 0.0606. The van der Waals surface area contributed by atoms with Crippen molar-refractivity contribution >= 4 is 11.8 Å². The summed E-state index contributed by atoms with van der Waals surface area (Å²) >= 11 is 0. The summed E-state index contributed by atoms with van der Waals surface area (Å²) in [6.45, 7) is -3.32. The summed E-state index contributed by atoms with van der Waals surface area (Å²) < 4.78 is 62.3. The Morgan fingerprint density at radius 1 is 0.356 bits per heavy atom. The Morgan fingerprint density at radius 3 is 1.16 bits per heavy atom. The van der Waals surface area contributed by atoms with Crippen LogP contribution in [0.15, 0.2) is 0 Å². The molecule has 6 fully saturated rings. The molecule has 0 radical (unpaired) electrons. The normalized spacial score (nSPS) is 49.8. The van der Waals surface area contributed by atoms with Gasteiger partial charge in [0, 0.05) is 13.8 Å². The first-order chi connectivity index (χ1) is 34.5. The van der Waals surface area contributed by atoms with Crippen LogP contribution in [0.2, 0.25) is 0 Å². The van der Waals surface area contributed by atoms with Gasteiger partial charge in [-0.05, 0) is 0 Å². The van der Waals surface area contributed by atoms with E-state index in [1.165, 1.54) is 0 Å². The third-order valence-corrected chi connectivity index (χ3v) is 13.2. The van der Waals surface area contributed by atoms with Crippen molar-refractivity contribution in [2.75, 3.05) is 39.6 Å². The summed E-state index contributed by atoms with van der Waals surface area (Å²) in [5.74, 6) is -1.55. The molecule has 6 heterocycles. The molecule has 0 aliphatic carbocycles. The predicted molar refractivity (Wildman–Crippen MR) is 222 cm³/mol. The van der Waals surface area contributed by atoms with E-state index in [9.17, 15) is 102 Å². The van der Waals surface area contributed by atoms with Gasteiger partial charge in [0.25, 0.3) is 0 Å². The lowest BCUT2D eigenvalue weighted by atomic mass is 9.94.